The molecule has 0 aromatic heterocycles. The van der Waals surface area contributed by atoms with Gasteiger partial charge in [0.25, 0.3) is 0 Å². The number of esters is 1. The number of piperidine rings is 1. The Hall–Kier alpha value is -2.83. The number of amides is 1. The molecule has 0 unspecified atom stereocenters. The van der Waals surface area contributed by atoms with Crippen molar-refractivity contribution < 1.29 is 14.3 Å². The van der Waals surface area contributed by atoms with E-state index in [4.69, 9.17) is 15.5 Å². The summed E-state index contributed by atoms with van der Waals surface area (Å²) in [7, 11) is 0. The van der Waals surface area contributed by atoms with Gasteiger partial charge in [-0.05, 0) is 57.4 Å². The van der Waals surface area contributed by atoms with Crippen LogP contribution < -0.4 is 15.5 Å². The van der Waals surface area contributed by atoms with Gasteiger partial charge in [-0.2, -0.15) is 0 Å². The average Bonchev–Trinajstić information content (AvgIpc) is 2.72. The third-order valence-electron chi connectivity index (χ3n) is 5.48. The highest BCUT2D eigenvalue weighted by Gasteiger charge is 2.27. The summed E-state index contributed by atoms with van der Waals surface area (Å²) in [6.45, 7) is 9.76. The van der Waals surface area contributed by atoms with Gasteiger partial charge in [0, 0.05) is 61.7 Å². The van der Waals surface area contributed by atoms with Crippen LogP contribution in [0.2, 0.25) is 0 Å². The normalized spacial score (nSPS) is 19.7. The minimum Gasteiger partial charge on any atom is -0.461 e. The van der Waals surface area contributed by atoms with Gasteiger partial charge >= 0.3 is 5.97 Å². The fraction of sp³-hybridized carbons (Fsp3) is 0.522. The second-order valence-corrected chi connectivity index (χ2v) is 8.04. The van der Waals surface area contributed by atoms with Crippen molar-refractivity contribution in [2.45, 2.75) is 53.0 Å². The van der Waals surface area contributed by atoms with E-state index in [1.54, 1.807) is 13.8 Å². The minimum atomic E-state index is -0.492. The van der Waals surface area contributed by atoms with E-state index in [0.717, 1.165) is 48.6 Å². The van der Waals surface area contributed by atoms with Crippen molar-refractivity contribution in [1.29, 1.82) is 0 Å². The molecule has 0 bridgehead atoms. The molecule has 0 radical (unpaired) electrons. The number of aliphatic imine (C=N–C) groups is 1. The molecule has 0 saturated carbocycles. The van der Waals surface area contributed by atoms with E-state index < -0.39 is 5.97 Å². The van der Waals surface area contributed by atoms with Crippen molar-refractivity contribution in [1.82, 2.24) is 0 Å². The first-order chi connectivity index (χ1) is 14.3. The summed E-state index contributed by atoms with van der Waals surface area (Å²) in [5.41, 5.74) is 11.2. The molecule has 0 aliphatic carbocycles. The Morgan fingerprint density at radius 3 is 2.67 bits per heavy atom. The molecule has 1 saturated heterocycles. The zero-order valence-electron chi connectivity index (χ0n) is 18.4. The molecule has 3 rings (SSSR count). The van der Waals surface area contributed by atoms with Crippen LogP contribution >= 0.6 is 0 Å². The van der Waals surface area contributed by atoms with Crippen LogP contribution in [0.5, 0.6) is 0 Å². The Bertz CT molecular complexity index is 888. The molecule has 7 nitrogen and oxygen atoms in total. The van der Waals surface area contributed by atoms with E-state index in [9.17, 15) is 9.59 Å². The Kier molecular flexibility index (Phi) is 6.80. The van der Waals surface area contributed by atoms with E-state index in [1.807, 2.05) is 30.9 Å². The van der Waals surface area contributed by atoms with Crippen LogP contribution in [-0.2, 0) is 20.7 Å². The highest BCUT2D eigenvalue weighted by Crippen LogP contribution is 2.32. The number of nitrogens with zero attached hydrogens (tertiary/aromatic N) is 3. The molecule has 2 aliphatic rings. The van der Waals surface area contributed by atoms with Gasteiger partial charge < -0.3 is 20.3 Å². The van der Waals surface area contributed by atoms with Crippen LogP contribution in [-0.4, -0.2) is 49.9 Å². The van der Waals surface area contributed by atoms with Crippen molar-refractivity contribution in [3.8, 4) is 0 Å². The maximum absolute atomic E-state index is 12.3. The van der Waals surface area contributed by atoms with E-state index in [-0.39, 0.29) is 24.3 Å². The van der Waals surface area contributed by atoms with Crippen LogP contribution in [0.3, 0.4) is 0 Å². The summed E-state index contributed by atoms with van der Waals surface area (Å²) in [5.74, 6) is -0.419. The molecule has 2 aliphatic heterocycles. The predicted molar refractivity (Wildman–Crippen MR) is 120 cm³/mol. The number of hydrogen-bond donors (Lipinski definition) is 1. The minimum absolute atomic E-state index is 0.0728. The summed E-state index contributed by atoms with van der Waals surface area (Å²) in [4.78, 5) is 33.0. The number of aryl methyl sites for hydroxylation is 1. The van der Waals surface area contributed by atoms with Crippen LogP contribution in [0.25, 0.3) is 0 Å². The molecule has 0 atom stereocenters. The highest BCUT2D eigenvalue weighted by molar-refractivity contribution is 6.08. The lowest BCUT2D eigenvalue weighted by Gasteiger charge is -2.34. The van der Waals surface area contributed by atoms with Crippen LogP contribution in [0.1, 0.15) is 46.1 Å². The van der Waals surface area contributed by atoms with Crippen LogP contribution in [0.4, 0.5) is 11.4 Å². The lowest BCUT2D eigenvalue weighted by Crippen LogP contribution is -2.39. The first kappa shape index (κ1) is 21.9. The summed E-state index contributed by atoms with van der Waals surface area (Å²) >= 11 is 0. The number of benzene rings is 1. The predicted octanol–water partition coefficient (Wildman–Crippen LogP) is 2.82. The summed E-state index contributed by atoms with van der Waals surface area (Å²) < 4.78 is 5.13. The van der Waals surface area contributed by atoms with Gasteiger partial charge in [-0.15, -0.1) is 0 Å². The molecular weight excluding hydrogens is 380 g/mol. The van der Waals surface area contributed by atoms with Crippen molar-refractivity contribution in [2.24, 2.45) is 10.7 Å². The summed E-state index contributed by atoms with van der Waals surface area (Å²) in [5, 5.41) is 0. The number of hydrogen-bond acceptors (Lipinski definition) is 6. The van der Waals surface area contributed by atoms with Crippen molar-refractivity contribution >= 4 is 29.0 Å². The quantitative estimate of drug-likeness (QED) is 0.607. The third-order valence-corrected chi connectivity index (χ3v) is 5.48. The van der Waals surface area contributed by atoms with Gasteiger partial charge in [-0.3, -0.25) is 9.79 Å². The Balaban J connectivity index is 1.92. The molecule has 0 spiro atoms. The van der Waals surface area contributed by atoms with E-state index in [2.05, 4.69) is 11.0 Å². The smallest absolute Gasteiger partial charge is 0.354 e. The standard InChI is InChI=1S/C23H32N4O3/c1-5-30-23(29)22(24)19-14-26(12-10-20(19)25-15(2)3)18-8-9-21-17(13-18)7-6-11-27(21)16(4)28/h8-9,13,15H,5-7,10-12,14,24H2,1-4H3/b22-19-,25-20?. The number of ether oxygens (including phenoxy) is 1. The molecule has 1 aromatic carbocycles. The number of rotatable bonds is 4. The van der Waals surface area contributed by atoms with E-state index >= 15 is 0 Å². The number of anilines is 2. The van der Waals surface area contributed by atoms with Crippen molar-refractivity contribution in [3.63, 3.8) is 0 Å². The number of carbonyl (C=O) groups excluding carboxylic acids is 2. The Morgan fingerprint density at radius 1 is 1.23 bits per heavy atom. The maximum Gasteiger partial charge on any atom is 0.354 e. The lowest BCUT2D eigenvalue weighted by molar-refractivity contribution is -0.138. The topological polar surface area (TPSA) is 88.2 Å². The molecule has 2 heterocycles. The van der Waals surface area contributed by atoms with Crippen molar-refractivity contribution in [2.75, 3.05) is 36.0 Å². The Morgan fingerprint density at radius 2 is 2.00 bits per heavy atom. The van der Waals surface area contributed by atoms with E-state index in [1.165, 1.54) is 5.56 Å². The van der Waals surface area contributed by atoms with Crippen LogP contribution in [0, 0.1) is 0 Å². The first-order valence-corrected chi connectivity index (χ1v) is 10.7. The first-order valence-electron chi connectivity index (χ1n) is 10.7. The largest absolute Gasteiger partial charge is 0.461 e. The zero-order valence-corrected chi connectivity index (χ0v) is 18.4. The summed E-state index contributed by atoms with van der Waals surface area (Å²) in [6.07, 6.45) is 2.63. The molecular formula is C23H32N4O3. The van der Waals surface area contributed by atoms with Gasteiger partial charge in [0.2, 0.25) is 5.91 Å². The van der Waals surface area contributed by atoms with Gasteiger partial charge in [-0.25, -0.2) is 4.79 Å². The zero-order chi connectivity index (χ0) is 21.8. The SMILES string of the molecule is CCOC(=O)/C(N)=C1\CN(c2ccc3c(c2)CCCN3C(C)=O)CCC1=NC(C)C. The maximum atomic E-state index is 12.3. The second kappa shape index (κ2) is 9.32. The van der Waals surface area contributed by atoms with Crippen molar-refractivity contribution in [3.05, 3.63) is 35.0 Å². The molecule has 7 heteroatoms. The molecule has 1 aromatic rings. The highest BCUT2D eigenvalue weighted by atomic mass is 16.5. The van der Waals surface area contributed by atoms with Crippen LogP contribution in [0.15, 0.2) is 34.5 Å². The molecule has 162 valence electrons. The van der Waals surface area contributed by atoms with Gasteiger partial charge in [0.15, 0.2) is 0 Å². The lowest BCUT2D eigenvalue weighted by atomic mass is 9.97. The fourth-order valence-electron chi connectivity index (χ4n) is 4.11. The van der Waals surface area contributed by atoms with Gasteiger partial charge in [0.05, 0.1) is 6.61 Å². The number of nitrogens with two attached hydrogens (primary N) is 1. The van der Waals surface area contributed by atoms with Gasteiger partial charge in [0.1, 0.15) is 5.70 Å². The average molecular weight is 413 g/mol. The number of fused-ring (bicyclic) bond motifs is 1. The fourth-order valence-corrected chi connectivity index (χ4v) is 4.11. The summed E-state index contributed by atoms with van der Waals surface area (Å²) in [6, 6.07) is 6.36. The van der Waals surface area contributed by atoms with E-state index in [0.29, 0.717) is 13.0 Å². The molecule has 1 amide bonds. The molecule has 2 N–H and O–H groups in total. The molecule has 30 heavy (non-hydrogen) atoms. The second-order valence-electron chi connectivity index (χ2n) is 8.04. The third kappa shape index (κ3) is 4.66. The molecule has 1 fully saturated rings. The Labute approximate surface area is 178 Å². The van der Waals surface area contributed by atoms with Gasteiger partial charge in [-0.1, -0.05) is 0 Å². The number of carbonyl (C=O) groups is 2. The monoisotopic (exact) mass is 412 g/mol.